The molecule has 178 valence electrons. The number of halogens is 1. The highest BCUT2D eigenvalue weighted by Gasteiger charge is 2.24. The Kier molecular flexibility index (Phi) is 8.17. The van der Waals surface area contributed by atoms with E-state index in [0.717, 1.165) is 4.70 Å². The Balaban J connectivity index is 0.00000306. The second-order valence-electron chi connectivity index (χ2n) is 7.69. The van der Waals surface area contributed by atoms with Crippen molar-refractivity contribution in [2.45, 2.75) is 11.3 Å². The first kappa shape index (κ1) is 25.2. The average Bonchev–Trinajstić information content (AvgIpc) is 3.19. The summed E-state index contributed by atoms with van der Waals surface area (Å²) in [6, 6.07) is 11.9. The second kappa shape index (κ2) is 10.7. The number of likely N-dealkylation sites (N-methyl/N-ethyl adjacent to an activating group) is 1. The standard InChI is InChI=1S/C22H25N3O5S2.ClH/c1-24(2)9-10-25(21(26)8-13-32(27,28)16-6-4-3-5-7-16)22-23-17-14-18-19(15-20(17)31-22)30-12-11-29-18;/h3-7,14-15H,8-13H2,1-2H3;1H. The summed E-state index contributed by atoms with van der Waals surface area (Å²) in [5.74, 6) is 0.775. The molecule has 0 radical (unpaired) electrons. The van der Waals surface area contributed by atoms with Gasteiger partial charge in [0, 0.05) is 31.6 Å². The molecule has 2 heterocycles. The van der Waals surface area contributed by atoms with E-state index in [2.05, 4.69) is 4.98 Å². The van der Waals surface area contributed by atoms with Crippen LogP contribution in [0.4, 0.5) is 5.13 Å². The molecule has 0 bridgehead atoms. The summed E-state index contributed by atoms with van der Waals surface area (Å²) in [4.78, 5) is 21.5. The van der Waals surface area contributed by atoms with Crippen LogP contribution in [-0.4, -0.2) is 70.4 Å². The number of thiazole rings is 1. The van der Waals surface area contributed by atoms with Crippen LogP contribution in [0.5, 0.6) is 11.5 Å². The lowest BCUT2D eigenvalue weighted by atomic mass is 10.3. The minimum absolute atomic E-state index is 0. The third kappa shape index (κ3) is 5.94. The maximum Gasteiger partial charge on any atom is 0.229 e. The van der Waals surface area contributed by atoms with E-state index in [4.69, 9.17) is 9.47 Å². The molecule has 4 rings (SSSR count). The van der Waals surface area contributed by atoms with Crippen LogP contribution in [0.3, 0.4) is 0 Å². The van der Waals surface area contributed by atoms with Crippen LogP contribution in [-0.2, 0) is 14.6 Å². The molecule has 0 fully saturated rings. The maximum absolute atomic E-state index is 13.1. The Morgan fingerprint density at radius 1 is 1.06 bits per heavy atom. The van der Waals surface area contributed by atoms with Crippen molar-refractivity contribution < 1.29 is 22.7 Å². The van der Waals surface area contributed by atoms with E-state index < -0.39 is 9.84 Å². The SMILES string of the molecule is CN(C)CCN(C(=O)CCS(=O)(=O)c1ccccc1)c1nc2cc3c(cc2s1)OCCO3.Cl. The van der Waals surface area contributed by atoms with Gasteiger partial charge in [0.2, 0.25) is 5.91 Å². The van der Waals surface area contributed by atoms with Crippen molar-refractivity contribution >= 4 is 54.8 Å². The van der Waals surface area contributed by atoms with Crippen LogP contribution in [0.1, 0.15) is 6.42 Å². The topological polar surface area (TPSA) is 89.0 Å². The van der Waals surface area contributed by atoms with Crippen molar-refractivity contribution in [3.05, 3.63) is 42.5 Å². The van der Waals surface area contributed by atoms with Crippen molar-refractivity contribution in [1.82, 2.24) is 9.88 Å². The molecule has 0 saturated carbocycles. The van der Waals surface area contributed by atoms with Gasteiger partial charge >= 0.3 is 0 Å². The van der Waals surface area contributed by atoms with E-state index in [9.17, 15) is 13.2 Å². The van der Waals surface area contributed by atoms with Gasteiger partial charge in [-0.3, -0.25) is 9.69 Å². The van der Waals surface area contributed by atoms with Gasteiger partial charge in [-0.05, 0) is 26.2 Å². The molecule has 8 nitrogen and oxygen atoms in total. The normalized spacial score (nSPS) is 13.1. The van der Waals surface area contributed by atoms with E-state index in [1.807, 2.05) is 31.1 Å². The lowest BCUT2D eigenvalue weighted by Crippen LogP contribution is -2.37. The zero-order valence-corrected chi connectivity index (χ0v) is 20.8. The molecule has 1 amide bonds. The Hall–Kier alpha value is -2.40. The molecule has 0 spiro atoms. The fraction of sp³-hybridized carbons (Fsp3) is 0.364. The van der Waals surface area contributed by atoms with Crippen molar-refractivity contribution in [2.24, 2.45) is 0 Å². The Morgan fingerprint density at radius 2 is 1.73 bits per heavy atom. The number of carbonyl (C=O) groups is 1. The van der Waals surface area contributed by atoms with Crippen molar-refractivity contribution in [1.29, 1.82) is 0 Å². The number of hydrogen-bond acceptors (Lipinski definition) is 8. The molecule has 11 heteroatoms. The van der Waals surface area contributed by atoms with Gasteiger partial charge in [-0.2, -0.15) is 0 Å². The van der Waals surface area contributed by atoms with Crippen LogP contribution in [0.15, 0.2) is 47.4 Å². The number of carbonyl (C=O) groups excluding carboxylic acids is 1. The highest BCUT2D eigenvalue weighted by atomic mass is 35.5. The molecular weight excluding hydrogens is 486 g/mol. The summed E-state index contributed by atoms with van der Waals surface area (Å²) < 4.78 is 37.4. The highest BCUT2D eigenvalue weighted by Crippen LogP contribution is 2.38. The maximum atomic E-state index is 13.1. The number of hydrogen-bond donors (Lipinski definition) is 0. The molecule has 0 aliphatic carbocycles. The average molecular weight is 512 g/mol. The van der Waals surface area contributed by atoms with Gasteiger partial charge in [0.25, 0.3) is 0 Å². The minimum Gasteiger partial charge on any atom is -0.486 e. The fourth-order valence-electron chi connectivity index (χ4n) is 3.30. The smallest absolute Gasteiger partial charge is 0.229 e. The van der Waals surface area contributed by atoms with Crippen LogP contribution in [0.25, 0.3) is 10.2 Å². The van der Waals surface area contributed by atoms with Gasteiger partial charge in [-0.25, -0.2) is 13.4 Å². The van der Waals surface area contributed by atoms with Crippen LogP contribution in [0, 0.1) is 0 Å². The minimum atomic E-state index is -3.55. The molecule has 0 N–H and O–H groups in total. The summed E-state index contributed by atoms with van der Waals surface area (Å²) >= 11 is 1.38. The van der Waals surface area contributed by atoms with Gasteiger partial charge in [0.15, 0.2) is 26.5 Å². The Bertz CT molecular complexity index is 1170. The monoisotopic (exact) mass is 511 g/mol. The number of rotatable bonds is 8. The van der Waals surface area contributed by atoms with E-state index in [1.54, 1.807) is 35.2 Å². The molecule has 3 aromatic rings. The van der Waals surface area contributed by atoms with Gasteiger partial charge in [-0.1, -0.05) is 29.5 Å². The summed E-state index contributed by atoms with van der Waals surface area (Å²) in [5, 5.41) is 0.534. The van der Waals surface area contributed by atoms with Crippen molar-refractivity contribution in [2.75, 3.05) is 51.1 Å². The number of nitrogens with zero attached hydrogens (tertiary/aromatic N) is 3. The second-order valence-corrected chi connectivity index (χ2v) is 10.8. The summed E-state index contributed by atoms with van der Waals surface area (Å²) in [6.45, 7) is 2.01. The largest absolute Gasteiger partial charge is 0.486 e. The quantitative estimate of drug-likeness (QED) is 0.458. The molecule has 1 aromatic heterocycles. The van der Waals surface area contributed by atoms with Crippen molar-refractivity contribution in [3.63, 3.8) is 0 Å². The Labute approximate surface area is 203 Å². The van der Waals surface area contributed by atoms with Crippen LogP contribution < -0.4 is 14.4 Å². The fourth-order valence-corrected chi connectivity index (χ4v) is 5.57. The molecular formula is C22H26ClN3O5S2. The predicted molar refractivity (Wildman–Crippen MR) is 132 cm³/mol. The number of fused-ring (bicyclic) bond motifs is 2. The lowest BCUT2D eigenvalue weighted by Gasteiger charge is -2.22. The summed E-state index contributed by atoms with van der Waals surface area (Å²) in [7, 11) is 0.294. The first-order chi connectivity index (χ1) is 15.3. The molecule has 0 atom stereocenters. The number of aromatic nitrogens is 1. The molecule has 2 aromatic carbocycles. The highest BCUT2D eigenvalue weighted by molar-refractivity contribution is 7.91. The Morgan fingerprint density at radius 3 is 2.39 bits per heavy atom. The molecule has 0 unspecified atom stereocenters. The number of anilines is 1. The number of sulfone groups is 1. The van der Waals surface area contributed by atoms with Gasteiger partial charge in [0.1, 0.15) is 13.2 Å². The first-order valence-electron chi connectivity index (χ1n) is 10.3. The van der Waals surface area contributed by atoms with Crippen molar-refractivity contribution in [3.8, 4) is 11.5 Å². The predicted octanol–water partition coefficient (Wildman–Crippen LogP) is 3.25. The molecule has 1 aliphatic heterocycles. The first-order valence-corrected chi connectivity index (χ1v) is 12.7. The van der Waals surface area contributed by atoms with Crippen LogP contribution >= 0.6 is 23.7 Å². The molecule has 33 heavy (non-hydrogen) atoms. The van der Waals surface area contributed by atoms with E-state index in [1.165, 1.54) is 11.3 Å². The summed E-state index contributed by atoms with van der Waals surface area (Å²) in [5.41, 5.74) is 0.716. The lowest BCUT2D eigenvalue weighted by molar-refractivity contribution is -0.118. The third-order valence-electron chi connectivity index (χ3n) is 5.03. The zero-order chi connectivity index (χ0) is 22.7. The molecule has 1 aliphatic rings. The van der Waals surface area contributed by atoms with Gasteiger partial charge < -0.3 is 14.4 Å². The number of benzene rings is 2. The van der Waals surface area contributed by atoms with E-state index in [-0.39, 0.29) is 35.4 Å². The zero-order valence-electron chi connectivity index (χ0n) is 18.4. The van der Waals surface area contributed by atoms with Crippen LogP contribution in [0.2, 0.25) is 0 Å². The van der Waals surface area contributed by atoms with E-state index in [0.29, 0.717) is 48.5 Å². The number of amides is 1. The van der Waals surface area contributed by atoms with Gasteiger partial charge in [-0.15, -0.1) is 12.4 Å². The van der Waals surface area contributed by atoms with E-state index >= 15 is 0 Å². The molecule has 0 saturated heterocycles. The summed E-state index contributed by atoms with van der Waals surface area (Å²) in [6.07, 6.45) is -0.122. The number of ether oxygens (including phenoxy) is 2. The van der Waals surface area contributed by atoms with Gasteiger partial charge in [0.05, 0.1) is 20.9 Å². The third-order valence-corrected chi connectivity index (χ3v) is 7.80.